The second-order valence-electron chi connectivity index (χ2n) is 9.06. The highest BCUT2D eigenvalue weighted by Gasteiger charge is 2.40. The number of aryl methyl sites for hydroxylation is 1. The van der Waals surface area contributed by atoms with Crippen molar-refractivity contribution in [1.82, 2.24) is 14.4 Å². The summed E-state index contributed by atoms with van der Waals surface area (Å²) in [5.41, 5.74) is 3.46. The number of rotatable bonds is 5. The van der Waals surface area contributed by atoms with E-state index in [0.717, 1.165) is 38.0 Å². The van der Waals surface area contributed by atoms with Crippen LogP contribution in [-0.2, 0) is 0 Å². The van der Waals surface area contributed by atoms with Gasteiger partial charge in [0.25, 0.3) is 5.91 Å². The number of hydrogen-bond acceptors (Lipinski definition) is 2. The van der Waals surface area contributed by atoms with Gasteiger partial charge in [0.05, 0.1) is 5.56 Å². The molecule has 0 spiro atoms. The first-order valence-corrected chi connectivity index (χ1v) is 11.3. The van der Waals surface area contributed by atoms with Crippen molar-refractivity contribution < 1.29 is 4.79 Å². The van der Waals surface area contributed by atoms with Crippen molar-refractivity contribution in [2.75, 3.05) is 19.6 Å². The molecule has 4 nitrogen and oxygen atoms in total. The summed E-state index contributed by atoms with van der Waals surface area (Å²) in [7, 11) is 0. The molecule has 0 N–H and O–H groups in total. The number of aromatic nitrogens is 1. The summed E-state index contributed by atoms with van der Waals surface area (Å²) in [5.74, 6) is 0.308. The van der Waals surface area contributed by atoms with Crippen LogP contribution in [0.2, 0.25) is 0 Å². The van der Waals surface area contributed by atoms with Crippen molar-refractivity contribution in [2.24, 2.45) is 0 Å². The van der Waals surface area contributed by atoms with Crippen LogP contribution in [0.3, 0.4) is 0 Å². The molecule has 1 amide bonds. The summed E-state index contributed by atoms with van der Waals surface area (Å²) in [4.78, 5) is 18.5. The molecule has 1 aromatic heterocycles. The van der Waals surface area contributed by atoms with Gasteiger partial charge in [-0.25, -0.2) is 0 Å². The fourth-order valence-electron chi connectivity index (χ4n) is 5.53. The number of hydrogen-bond donors (Lipinski definition) is 0. The van der Waals surface area contributed by atoms with E-state index in [2.05, 4.69) is 41.2 Å². The fraction of sp³-hybridized carbons (Fsp3) is 0.783. The molecule has 0 unspecified atom stereocenters. The van der Waals surface area contributed by atoms with Gasteiger partial charge in [0, 0.05) is 42.6 Å². The van der Waals surface area contributed by atoms with E-state index < -0.39 is 0 Å². The fourth-order valence-corrected chi connectivity index (χ4v) is 5.53. The zero-order valence-corrected chi connectivity index (χ0v) is 17.5. The van der Waals surface area contributed by atoms with E-state index in [4.69, 9.17) is 0 Å². The second-order valence-corrected chi connectivity index (χ2v) is 9.06. The minimum atomic E-state index is 0.308. The van der Waals surface area contributed by atoms with Crippen molar-refractivity contribution in [3.05, 3.63) is 23.0 Å². The number of piperidine rings is 1. The Morgan fingerprint density at radius 2 is 1.63 bits per heavy atom. The molecule has 150 valence electrons. The molecule has 4 heteroatoms. The standard InChI is InChI=1S/C23H37N3O/c1-4-24-14-12-21(13-15-24)26(20-10-11-20)23(27)22-16-17(2)25(18(22)3)19-8-6-5-7-9-19/h16,19-21H,4-15H2,1-3H3. The Balaban J connectivity index is 1.55. The maximum absolute atomic E-state index is 13.6. The maximum Gasteiger partial charge on any atom is 0.256 e. The third-order valence-electron chi connectivity index (χ3n) is 7.23. The maximum atomic E-state index is 13.6. The van der Waals surface area contributed by atoms with Gasteiger partial charge in [-0.3, -0.25) is 4.79 Å². The molecular weight excluding hydrogens is 334 g/mol. The van der Waals surface area contributed by atoms with Gasteiger partial charge in [-0.1, -0.05) is 26.2 Å². The van der Waals surface area contributed by atoms with E-state index in [1.54, 1.807) is 0 Å². The Bertz CT molecular complexity index is 661. The molecule has 4 rings (SSSR count). The zero-order valence-electron chi connectivity index (χ0n) is 17.5. The monoisotopic (exact) mass is 371 g/mol. The van der Waals surface area contributed by atoms with Crippen molar-refractivity contribution in [3.63, 3.8) is 0 Å². The Morgan fingerprint density at radius 3 is 2.22 bits per heavy atom. The van der Waals surface area contributed by atoms with Crippen LogP contribution in [0.5, 0.6) is 0 Å². The van der Waals surface area contributed by atoms with E-state index in [1.807, 2.05) is 0 Å². The minimum absolute atomic E-state index is 0.308. The summed E-state index contributed by atoms with van der Waals surface area (Å²) >= 11 is 0. The largest absolute Gasteiger partial charge is 0.345 e. The summed E-state index contributed by atoms with van der Waals surface area (Å²) in [6.45, 7) is 10.0. The zero-order chi connectivity index (χ0) is 19.0. The van der Waals surface area contributed by atoms with Crippen LogP contribution in [0.1, 0.15) is 92.5 Å². The van der Waals surface area contributed by atoms with Crippen molar-refractivity contribution >= 4 is 5.91 Å². The van der Waals surface area contributed by atoms with Crippen molar-refractivity contribution in [3.8, 4) is 0 Å². The number of carbonyl (C=O) groups is 1. The first-order valence-electron chi connectivity index (χ1n) is 11.3. The topological polar surface area (TPSA) is 28.5 Å². The highest BCUT2D eigenvalue weighted by atomic mass is 16.2. The van der Waals surface area contributed by atoms with Crippen molar-refractivity contribution in [2.45, 2.75) is 96.7 Å². The van der Waals surface area contributed by atoms with Gasteiger partial charge in [-0.05, 0) is 65.0 Å². The molecule has 3 aliphatic rings. The average Bonchev–Trinajstić information content (AvgIpc) is 3.47. The summed E-state index contributed by atoms with van der Waals surface area (Å²) in [5, 5.41) is 0. The molecule has 0 bridgehead atoms. The molecule has 1 aromatic rings. The molecule has 27 heavy (non-hydrogen) atoms. The van der Waals surface area contributed by atoms with E-state index in [9.17, 15) is 4.79 Å². The van der Waals surface area contributed by atoms with Crippen LogP contribution >= 0.6 is 0 Å². The normalized spacial score (nSPS) is 22.9. The van der Waals surface area contributed by atoms with Crippen LogP contribution in [0.25, 0.3) is 0 Å². The first-order chi connectivity index (χ1) is 13.1. The van der Waals surface area contributed by atoms with Gasteiger partial charge in [-0.2, -0.15) is 0 Å². The van der Waals surface area contributed by atoms with Gasteiger partial charge in [0.1, 0.15) is 0 Å². The lowest BCUT2D eigenvalue weighted by atomic mass is 9.95. The van der Waals surface area contributed by atoms with Gasteiger partial charge in [0.2, 0.25) is 0 Å². The van der Waals surface area contributed by atoms with Crippen LogP contribution in [-0.4, -0.2) is 52.0 Å². The number of amides is 1. The number of nitrogens with zero attached hydrogens (tertiary/aromatic N) is 3. The molecular formula is C23H37N3O. The summed E-state index contributed by atoms with van der Waals surface area (Å²) in [6.07, 6.45) is 11.2. The molecule has 1 aliphatic heterocycles. The predicted octanol–water partition coefficient (Wildman–Crippen LogP) is 4.70. The third kappa shape index (κ3) is 3.83. The Kier molecular flexibility index (Phi) is 5.63. The summed E-state index contributed by atoms with van der Waals surface area (Å²) < 4.78 is 2.48. The lowest BCUT2D eigenvalue weighted by Gasteiger charge is -2.38. The number of likely N-dealkylation sites (tertiary alicyclic amines) is 1. The third-order valence-corrected chi connectivity index (χ3v) is 7.23. The minimum Gasteiger partial charge on any atom is -0.345 e. The Morgan fingerprint density at radius 1 is 1.00 bits per heavy atom. The molecule has 1 saturated heterocycles. The molecule has 2 saturated carbocycles. The molecule has 2 aliphatic carbocycles. The number of carbonyl (C=O) groups excluding carboxylic acids is 1. The van der Waals surface area contributed by atoms with Gasteiger partial charge < -0.3 is 14.4 Å². The molecule has 2 heterocycles. The van der Waals surface area contributed by atoms with E-state index in [0.29, 0.717) is 24.0 Å². The van der Waals surface area contributed by atoms with E-state index in [1.165, 1.54) is 56.3 Å². The molecule has 3 fully saturated rings. The Hall–Kier alpha value is -1.29. The first kappa shape index (κ1) is 19.0. The van der Waals surface area contributed by atoms with Gasteiger partial charge >= 0.3 is 0 Å². The summed E-state index contributed by atoms with van der Waals surface area (Å²) in [6, 6.07) is 3.71. The molecule has 0 aromatic carbocycles. The van der Waals surface area contributed by atoms with Crippen LogP contribution in [0, 0.1) is 13.8 Å². The van der Waals surface area contributed by atoms with Crippen molar-refractivity contribution in [1.29, 1.82) is 0 Å². The average molecular weight is 372 g/mol. The van der Waals surface area contributed by atoms with Crippen LogP contribution in [0.15, 0.2) is 6.07 Å². The lowest BCUT2D eigenvalue weighted by molar-refractivity contribution is 0.0553. The van der Waals surface area contributed by atoms with E-state index in [-0.39, 0.29) is 0 Å². The lowest BCUT2D eigenvalue weighted by Crippen LogP contribution is -2.48. The quantitative estimate of drug-likeness (QED) is 0.750. The second kappa shape index (κ2) is 7.98. The highest BCUT2D eigenvalue weighted by Crippen LogP contribution is 2.36. The van der Waals surface area contributed by atoms with Crippen LogP contribution in [0.4, 0.5) is 0 Å². The van der Waals surface area contributed by atoms with Gasteiger partial charge in [-0.15, -0.1) is 0 Å². The highest BCUT2D eigenvalue weighted by molar-refractivity contribution is 5.96. The van der Waals surface area contributed by atoms with Crippen LogP contribution < -0.4 is 0 Å². The SMILES string of the molecule is CCN1CCC(N(C(=O)c2cc(C)n(C3CCCCC3)c2C)C2CC2)CC1. The van der Waals surface area contributed by atoms with Gasteiger partial charge in [0.15, 0.2) is 0 Å². The smallest absolute Gasteiger partial charge is 0.256 e. The Labute approximate surface area is 164 Å². The molecule has 0 radical (unpaired) electrons. The predicted molar refractivity (Wildman–Crippen MR) is 110 cm³/mol. The molecule has 0 atom stereocenters. The van der Waals surface area contributed by atoms with E-state index >= 15 is 0 Å².